The van der Waals surface area contributed by atoms with E-state index in [1.165, 1.54) is 0 Å². The number of aryl methyl sites for hydroxylation is 1. The highest BCUT2D eigenvalue weighted by molar-refractivity contribution is 7.13. The van der Waals surface area contributed by atoms with Gasteiger partial charge in [-0.05, 0) is 49.4 Å². The van der Waals surface area contributed by atoms with Gasteiger partial charge < -0.3 is 19.4 Å². The summed E-state index contributed by atoms with van der Waals surface area (Å²) in [5.74, 6) is -0.00341. The standard InChI is InChI=1S/C22H27N3O3S/c1-25-8-7-18-19(11-15(12-20(18)25)21-13-23-14-29-21)22(26)24-16-3-5-17(6-4-16)28-10-9-27-2/h7-8,11-14,16-17H,3-6,9-10H2,1-2H3,(H,24,26)/t16-,17-. The van der Waals surface area contributed by atoms with Gasteiger partial charge in [-0.15, -0.1) is 11.3 Å². The fraction of sp³-hybridized carbons (Fsp3) is 0.455. The van der Waals surface area contributed by atoms with E-state index >= 15 is 0 Å². The van der Waals surface area contributed by atoms with Crippen LogP contribution in [0.15, 0.2) is 36.1 Å². The van der Waals surface area contributed by atoms with Gasteiger partial charge in [0.2, 0.25) is 0 Å². The van der Waals surface area contributed by atoms with Gasteiger partial charge in [0.05, 0.1) is 29.7 Å². The van der Waals surface area contributed by atoms with Gasteiger partial charge in [0.15, 0.2) is 0 Å². The van der Waals surface area contributed by atoms with Crippen LogP contribution in [0.1, 0.15) is 36.0 Å². The number of fused-ring (bicyclic) bond motifs is 1. The van der Waals surface area contributed by atoms with Crippen LogP contribution in [0.5, 0.6) is 0 Å². The van der Waals surface area contributed by atoms with E-state index in [0.717, 1.165) is 52.6 Å². The molecule has 3 aromatic rings. The molecule has 1 N–H and O–H groups in total. The molecule has 2 heterocycles. The number of benzene rings is 1. The number of nitrogens with zero attached hydrogens (tertiary/aromatic N) is 2. The van der Waals surface area contributed by atoms with Crippen molar-refractivity contribution in [2.45, 2.75) is 37.8 Å². The second-order valence-electron chi connectivity index (χ2n) is 7.56. The number of hydrogen-bond donors (Lipinski definition) is 1. The molecular weight excluding hydrogens is 386 g/mol. The molecule has 1 aliphatic carbocycles. The summed E-state index contributed by atoms with van der Waals surface area (Å²) >= 11 is 1.58. The van der Waals surface area contributed by atoms with E-state index in [9.17, 15) is 4.79 Å². The lowest BCUT2D eigenvalue weighted by atomic mass is 9.92. The van der Waals surface area contributed by atoms with Gasteiger partial charge in [-0.2, -0.15) is 0 Å². The van der Waals surface area contributed by atoms with Gasteiger partial charge >= 0.3 is 0 Å². The minimum Gasteiger partial charge on any atom is -0.382 e. The van der Waals surface area contributed by atoms with Crippen LogP contribution in [0.2, 0.25) is 0 Å². The van der Waals surface area contributed by atoms with E-state index in [-0.39, 0.29) is 18.1 Å². The largest absolute Gasteiger partial charge is 0.382 e. The molecule has 0 aliphatic heterocycles. The van der Waals surface area contributed by atoms with Gasteiger partial charge in [0.25, 0.3) is 5.91 Å². The number of ether oxygens (including phenoxy) is 2. The number of thiazole rings is 1. The molecule has 1 aromatic carbocycles. The van der Waals surface area contributed by atoms with Crippen molar-refractivity contribution in [1.82, 2.24) is 14.9 Å². The summed E-state index contributed by atoms with van der Waals surface area (Å²) in [6, 6.07) is 6.32. The first-order chi connectivity index (χ1) is 14.2. The first-order valence-corrected chi connectivity index (χ1v) is 10.9. The van der Waals surface area contributed by atoms with Crippen LogP contribution in [0.3, 0.4) is 0 Å². The van der Waals surface area contributed by atoms with Crippen molar-refractivity contribution >= 4 is 28.1 Å². The van der Waals surface area contributed by atoms with Crippen LogP contribution < -0.4 is 5.32 Å². The normalized spacial score (nSPS) is 19.5. The van der Waals surface area contributed by atoms with Crippen LogP contribution in [0.4, 0.5) is 0 Å². The van der Waals surface area contributed by atoms with Crippen molar-refractivity contribution in [2.75, 3.05) is 20.3 Å². The summed E-state index contributed by atoms with van der Waals surface area (Å²) in [4.78, 5) is 18.4. The Balaban J connectivity index is 1.48. The second-order valence-corrected chi connectivity index (χ2v) is 8.45. The van der Waals surface area contributed by atoms with E-state index in [4.69, 9.17) is 9.47 Å². The molecule has 7 heteroatoms. The molecule has 4 rings (SSSR count). The maximum Gasteiger partial charge on any atom is 0.252 e. The zero-order valence-corrected chi connectivity index (χ0v) is 17.7. The minimum atomic E-state index is -0.00341. The fourth-order valence-electron chi connectivity index (χ4n) is 4.00. The third-order valence-electron chi connectivity index (χ3n) is 5.61. The molecule has 0 atom stereocenters. The summed E-state index contributed by atoms with van der Waals surface area (Å²) in [6.45, 7) is 1.26. The maximum absolute atomic E-state index is 13.2. The van der Waals surface area contributed by atoms with E-state index in [2.05, 4.69) is 20.9 Å². The lowest BCUT2D eigenvalue weighted by molar-refractivity contribution is -0.00408. The second kappa shape index (κ2) is 9.07. The molecule has 0 spiro atoms. The summed E-state index contributed by atoms with van der Waals surface area (Å²) < 4.78 is 12.9. The Labute approximate surface area is 174 Å². The molecule has 154 valence electrons. The SMILES string of the molecule is COCCO[C@H]1CC[C@H](NC(=O)c2cc(-c3cncs3)cc3c2ccn3C)CC1. The highest BCUT2D eigenvalue weighted by atomic mass is 32.1. The number of nitrogens with one attached hydrogen (secondary N) is 1. The quantitative estimate of drug-likeness (QED) is 0.595. The average molecular weight is 414 g/mol. The lowest BCUT2D eigenvalue weighted by Gasteiger charge is -2.29. The summed E-state index contributed by atoms with van der Waals surface area (Å²) in [5.41, 5.74) is 4.63. The number of methoxy groups -OCH3 is 1. The summed E-state index contributed by atoms with van der Waals surface area (Å²) in [5, 5.41) is 4.24. The Morgan fingerprint density at radius 3 is 2.83 bits per heavy atom. The smallest absolute Gasteiger partial charge is 0.252 e. The molecule has 0 radical (unpaired) electrons. The zero-order chi connectivity index (χ0) is 20.2. The van der Waals surface area contributed by atoms with E-state index in [1.807, 2.05) is 37.1 Å². The molecule has 1 aliphatic rings. The van der Waals surface area contributed by atoms with Crippen molar-refractivity contribution < 1.29 is 14.3 Å². The molecule has 1 amide bonds. The molecule has 1 fully saturated rings. The van der Waals surface area contributed by atoms with Gasteiger partial charge in [-0.1, -0.05) is 0 Å². The van der Waals surface area contributed by atoms with Crippen LogP contribution in [-0.4, -0.2) is 47.9 Å². The molecule has 0 unspecified atom stereocenters. The highest BCUT2D eigenvalue weighted by Gasteiger charge is 2.24. The number of hydrogen-bond acceptors (Lipinski definition) is 5. The minimum absolute atomic E-state index is 0.00341. The fourth-order valence-corrected chi connectivity index (χ4v) is 4.61. The number of carbonyl (C=O) groups is 1. The summed E-state index contributed by atoms with van der Waals surface area (Å²) in [7, 11) is 3.69. The topological polar surface area (TPSA) is 65.4 Å². The average Bonchev–Trinajstić information content (AvgIpc) is 3.39. The molecule has 29 heavy (non-hydrogen) atoms. The Morgan fingerprint density at radius 1 is 1.28 bits per heavy atom. The van der Waals surface area contributed by atoms with E-state index in [0.29, 0.717) is 13.2 Å². The monoisotopic (exact) mass is 413 g/mol. The Kier molecular flexibility index (Phi) is 6.28. The molecule has 6 nitrogen and oxygen atoms in total. The Bertz CT molecular complexity index is 959. The van der Waals surface area contributed by atoms with Crippen LogP contribution >= 0.6 is 11.3 Å². The first kappa shape index (κ1) is 20.1. The van der Waals surface area contributed by atoms with Crippen molar-refractivity contribution in [1.29, 1.82) is 0 Å². The molecule has 0 bridgehead atoms. The molecule has 0 saturated heterocycles. The van der Waals surface area contributed by atoms with Crippen molar-refractivity contribution in [3.8, 4) is 10.4 Å². The predicted molar refractivity (Wildman–Crippen MR) is 115 cm³/mol. The number of carbonyl (C=O) groups excluding carboxylic acids is 1. The summed E-state index contributed by atoms with van der Waals surface area (Å²) in [6.07, 6.45) is 7.94. The predicted octanol–water partition coefficient (Wildman–Crippen LogP) is 4.01. The molecule has 2 aromatic heterocycles. The molecule has 1 saturated carbocycles. The zero-order valence-electron chi connectivity index (χ0n) is 16.9. The van der Waals surface area contributed by atoms with Gasteiger partial charge in [0.1, 0.15) is 0 Å². The molecular formula is C22H27N3O3S. The van der Waals surface area contributed by atoms with Gasteiger partial charge in [0, 0.05) is 49.1 Å². The van der Waals surface area contributed by atoms with Crippen molar-refractivity contribution in [3.63, 3.8) is 0 Å². The van der Waals surface area contributed by atoms with Crippen molar-refractivity contribution in [2.24, 2.45) is 7.05 Å². The van der Waals surface area contributed by atoms with Crippen LogP contribution in [0.25, 0.3) is 21.3 Å². The van der Waals surface area contributed by atoms with Crippen molar-refractivity contribution in [3.05, 3.63) is 41.7 Å². The third-order valence-corrected chi connectivity index (χ3v) is 6.44. The number of rotatable bonds is 7. The first-order valence-electron chi connectivity index (χ1n) is 10.0. The van der Waals surface area contributed by atoms with Crippen LogP contribution in [0, 0.1) is 0 Å². The highest BCUT2D eigenvalue weighted by Crippen LogP contribution is 2.31. The van der Waals surface area contributed by atoms with E-state index in [1.54, 1.807) is 18.4 Å². The third kappa shape index (κ3) is 4.52. The number of amides is 1. The van der Waals surface area contributed by atoms with Gasteiger partial charge in [-0.3, -0.25) is 9.78 Å². The van der Waals surface area contributed by atoms with Crippen LogP contribution in [-0.2, 0) is 16.5 Å². The van der Waals surface area contributed by atoms with E-state index < -0.39 is 0 Å². The van der Waals surface area contributed by atoms with Gasteiger partial charge in [-0.25, -0.2) is 0 Å². The lowest BCUT2D eigenvalue weighted by Crippen LogP contribution is -2.39. The number of aromatic nitrogens is 2. The maximum atomic E-state index is 13.2. The Hall–Kier alpha value is -2.22. The Morgan fingerprint density at radius 2 is 2.10 bits per heavy atom.